The number of amides is 1. The molecule has 0 aromatic heterocycles. The molecule has 2 atom stereocenters. The molecule has 0 aliphatic heterocycles. The second kappa shape index (κ2) is 9.59. The lowest BCUT2D eigenvalue weighted by atomic mass is 9.84. The highest BCUT2D eigenvalue weighted by atomic mass is 35.5. The minimum Gasteiger partial charge on any atom is -0.373 e. The van der Waals surface area contributed by atoms with Crippen LogP contribution >= 0.6 is 12.4 Å². The van der Waals surface area contributed by atoms with E-state index in [0.29, 0.717) is 6.54 Å². The lowest BCUT2D eigenvalue weighted by Gasteiger charge is -2.37. The van der Waals surface area contributed by atoms with Crippen molar-refractivity contribution in [2.24, 2.45) is 11.7 Å². The maximum atomic E-state index is 12.0. The zero-order valence-electron chi connectivity index (χ0n) is 13.1. The molecule has 3 N–H and O–H groups in total. The summed E-state index contributed by atoms with van der Waals surface area (Å²) in [6.45, 7) is 7.27. The molecule has 0 heterocycles. The fourth-order valence-electron chi connectivity index (χ4n) is 2.53. The van der Waals surface area contributed by atoms with Crippen molar-refractivity contribution in [3.8, 4) is 0 Å². The van der Waals surface area contributed by atoms with Crippen LogP contribution < -0.4 is 11.1 Å². The SMILES string of the molecule is CCCOC1(CNC(=O)C(C)C(C)N)CCCCC1.Cl. The third-order valence-electron chi connectivity index (χ3n) is 4.16. The number of hydrogen-bond acceptors (Lipinski definition) is 3. The van der Waals surface area contributed by atoms with Crippen molar-refractivity contribution in [1.82, 2.24) is 5.32 Å². The molecule has 120 valence electrons. The van der Waals surface area contributed by atoms with E-state index in [4.69, 9.17) is 10.5 Å². The Bertz CT molecular complexity index is 279. The molecule has 0 radical (unpaired) electrons. The molecule has 1 rings (SSSR count). The van der Waals surface area contributed by atoms with Gasteiger partial charge in [-0.15, -0.1) is 12.4 Å². The van der Waals surface area contributed by atoms with E-state index in [1.165, 1.54) is 19.3 Å². The highest BCUT2D eigenvalue weighted by Gasteiger charge is 2.33. The summed E-state index contributed by atoms with van der Waals surface area (Å²) in [5, 5.41) is 3.04. The quantitative estimate of drug-likeness (QED) is 0.760. The maximum absolute atomic E-state index is 12.0. The summed E-state index contributed by atoms with van der Waals surface area (Å²) in [5.74, 6) is -0.105. The van der Waals surface area contributed by atoms with Crippen LogP contribution in [-0.2, 0) is 9.53 Å². The molecular formula is C15H31ClN2O2. The number of carbonyl (C=O) groups excluding carboxylic acids is 1. The van der Waals surface area contributed by atoms with E-state index in [2.05, 4.69) is 12.2 Å². The van der Waals surface area contributed by atoms with Gasteiger partial charge in [0.05, 0.1) is 5.60 Å². The molecule has 20 heavy (non-hydrogen) atoms. The maximum Gasteiger partial charge on any atom is 0.224 e. The topological polar surface area (TPSA) is 64.3 Å². The van der Waals surface area contributed by atoms with Crippen molar-refractivity contribution in [2.45, 2.75) is 70.9 Å². The molecule has 1 amide bonds. The van der Waals surface area contributed by atoms with Gasteiger partial charge in [-0.25, -0.2) is 0 Å². The van der Waals surface area contributed by atoms with Crippen LogP contribution in [0, 0.1) is 5.92 Å². The van der Waals surface area contributed by atoms with Gasteiger partial charge in [-0.2, -0.15) is 0 Å². The molecule has 4 nitrogen and oxygen atoms in total. The molecule has 2 unspecified atom stereocenters. The summed E-state index contributed by atoms with van der Waals surface area (Å²) < 4.78 is 6.06. The van der Waals surface area contributed by atoms with Gasteiger partial charge in [0, 0.05) is 25.1 Å². The van der Waals surface area contributed by atoms with Crippen LogP contribution in [-0.4, -0.2) is 30.7 Å². The largest absolute Gasteiger partial charge is 0.373 e. The third kappa shape index (κ3) is 5.98. The zero-order chi connectivity index (χ0) is 14.3. The fraction of sp³-hybridized carbons (Fsp3) is 0.933. The first kappa shape index (κ1) is 19.7. The van der Waals surface area contributed by atoms with Crippen molar-refractivity contribution in [3.63, 3.8) is 0 Å². The van der Waals surface area contributed by atoms with Gasteiger partial charge in [0.15, 0.2) is 0 Å². The molecule has 1 aliphatic carbocycles. The number of halogens is 1. The zero-order valence-corrected chi connectivity index (χ0v) is 13.9. The van der Waals surface area contributed by atoms with Gasteiger partial charge in [0.25, 0.3) is 0 Å². The molecule has 1 saturated carbocycles. The fourth-order valence-corrected chi connectivity index (χ4v) is 2.53. The van der Waals surface area contributed by atoms with Crippen molar-refractivity contribution < 1.29 is 9.53 Å². The van der Waals surface area contributed by atoms with Crippen LogP contribution in [0.3, 0.4) is 0 Å². The van der Waals surface area contributed by atoms with Crippen LogP contribution in [0.5, 0.6) is 0 Å². The van der Waals surface area contributed by atoms with Crippen molar-refractivity contribution in [2.75, 3.05) is 13.2 Å². The number of ether oxygens (including phenoxy) is 1. The molecule has 0 aromatic carbocycles. The average molecular weight is 307 g/mol. The Balaban J connectivity index is 0.00000361. The van der Waals surface area contributed by atoms with Crippen LogP contribution in [0.1, 0.15) is 59.3 Å². The Hall–Kier alpha value is -0.320. The van der Waals surface area contributed by atoms with Crippen LogP contribution in [0.15, 0.2) is 0 Å². The average Bonchev–Trinajstić information content (AvgIpc) is 2.43. The Morgan fingerprint density at radius 3 is 2.40 bits per heavy atom. The summed E-state index contributed by atoms with van der Waals surface area (Å²) in [7, 11) is 0. The lowest BCUT2D eigenvalue weighted by Crippen LogP contribution is -2.49. The second-order valence-electron chi connectivity index (χ2n) is 5.96. The van der Waals surface area contributed by atoms with Gasteiger partial charge < -0.3 is 15.8 Å². The standard InChI is InChI=1S/C15H30N2O2.ClH/c1-4-10-19-15(8-6-5-7-9-15)11-17-14(18)12(2)13(3)16;/h12-13H,4-11,16H2,1-3H3,(H,17,18);1H. The molecular weight excluding hydrogens is 276 g/mol. The Morgan fingerprint density at radius 1 is 1.30 bits per heavy atom. The number of nitrogens with one attached hydrogen (secondary N) is 1. The van der Waals surface area contributed by atoms with Gasteiger partial charge in [-0.1, -0.05) is 33.1 Å². The Morgan fingerprint density at radius 2 is 1.90 bits per heavy atom. The Kier molecular flexibility index (Phi) is 9.43. The predicted octanol–water partition coefficient (Wildman–Crippen LogP) is 2.64. The van der Waals surface area contributed by atoms with E-state index in [1.807, 2.05) is 13.8 Å². The van der Waals surface area contributed by atoms with E-state index in [1.54, 1.807) is 0 Å². The Labute approximate surface area is 129 Å². The van der Waals surface area contributed by atoms with E-state index in [-0.39, 0.29) is 35.9 Å². The van der Waals surface area contributed by atoms with Gasteiger partial charge in [-0.05, 0) is 26.2 Å². The third-order valence-corrected chi connectivity index (χ3v) is 4.16. The van der Waals surface area contributed by atoms with E-state index < -0.39 is 0 Å². The summed E-state index contributed by atoms with van der Waals surface area (Å²) in [6, 6.07) is -0.112. The van der Waals surface area contributed by atoms with Crippen molar-refractivity contribution in [3.05, 3.63) is 0 Å². The van der Waals surface area contributed by atoms with E-state index in [0.717, 1.165) is 25.9 Å². The monoisotopic (exact) mass is 306 g/mol. The van der Waals surface area contributed by atoms with Gasteiger partial charge in [0.1, 0.15) is 0 Å². The minimum atomic E-state index is -0.146. The summed E-state index contributed by atoms with van der Waals surface area (Å²) in [6.07, 6.45) is 6.80. The van der Waals surface area contributed by atoms with Gasteiger partial charge in [-0.3, -0.25) is 4.79 Å². The lowest BCUT2D eigenvalue weighted by molar-refractivity contribution is -0.128. The first-order valence-electron chi connectivity index (χ1n) is 7.68. The second-order valence-corrected chi connectivity index (χ2v) is 5.96. The number of hydrogen-bond donors (Lipinski definition) is 2. The molecule has 5 heteroatoms. The molecule has 0 spiro atoms. The minimum absolute atomic E-state index is 0. The molecule has 0 aromatic rings. The summed E-state index contributed by atoms with van der Waals surface area (Å²) in [5.41, 5.74) is 5.63. The molecule has 1 aliphatic rings. The molecule has 1 fully saturated rings. The first-order valence-corrected chi connectivity index (χ1v) is 7.68. The van der Waals surface area contributed by atoms with Crippen molar-refractivity contribution >= 4 is 18.3 Å². The molecule has 0 bridgehead atoms. The summed E-state index contributed by atoms with van der Waals surface area (Å²) in [4.78, 5) is 12.0. The molecule has 0 saturated heterocycles. The van der Waals surface area contributed by atoms with Gasteiger partial charge in [0.2, 0.25) is 5.91 Å². The highest BCUT2D eigenvalue weighted by molar-refractivity contribution is 5.85. The number of nitrogens with two attached hydrogens (primary N) is 1. The van der Waals surface area contributed by atoms with Crippen LogP contribution in [0.25, 0.3) is 0 Å². The van der Waals surface area contributed by atoms with Gasteiger partial charge >= 0.3 is 0 Å². The van der Waals surface area contributed by atoms with Crippen molar-refractivity contribution in [1.29, 1.82) is 0 Å². The first-order chi connectivity index (χ1) is 9.01. The normalized spacial score (nSPS) is 20.6. The number of rotatable bonds is 7. The summed E-state index contributed by atoms with van der Waals surface area (Å²) >= 11 is 0. The van der Waals surface area contributed by atoms with Crippen LogP contribution in [0.2, 0.25) is 0 Å². The van der Waals surface area contributed by atoms with E-state index >= 15 is 0 Å². The van der Waals surface area contributed by atoms with E-state index in [9.17, 15) is 4.79 Å². The predicted molar refractivity (Wildman–Crippen MR) is 85.1 cm³/mol. The number of carbonyl (C=O) groups is 1. The smallest absolute Gasteiger partial charge is 0.224 e. The highest BCUT2D eigenvalue weighted by Crippen LogP contribution is 2.31. The van der Waals surface area contributed by atoms with Crippen LogP contribution in [0.4, 0.5) is 0 Å².